The number of thiophene rings is 1. The van der Waals surface area contributed by atoms with Gasteiger partial charge in [0, 0.05) is 6.20 Å². The predicted octanol–water partition coefficient (Wildman–Crippen LogP) is 4.62. The summed E-state index contributed by atoms with van der Waals surface area (Å²) in [5.74, 6) is -0.339. The molecule has 116 valence electrons. The van der Waals surface area contributed by atoms with Gasteiger partial charge in [0.25, 0.3) is 0 Å². The molecule has 23 heavy (non-hydrogen) atoms. The topological polar surface area (TPSA) is 72.3 Å². The van der Waals surface area contributed by atoms with E-state index in [1.807, 2.05) is 6.20 Å². The number of aromatic carboxylic acids is 1. The summed E-state index contributed by atoms with van der Waals surface area (Å²) in [5.41, 5.74) is 2.87. The molecule has 1 aliphatic rings. The molecular formula is C15H9BrN2O3S2. The van der Waals surface area contributed by atoms with Crippen molar-refractivity contribution >= 4 is 44.8 Å². The van der Waals surface area contributed by atoms with Crippen molar-refractivity contribution in [3.8, 4) is 21.3 Å². The number of ether oxygens (including phenoxy) is 1. The minimum absolute atomic E-state index is 0.346. The van der Waals surface area contributed by atoms with Gasteiger partial charge >= 0.3 is 5.97 Å². The molecular weight excluding hydrogens is 400 g/mol. The van der Waals surface area contributed by atoms with Gasteiger partial charge in [0.2, 0.25) is 0 Å². The molecule has 0 unspecified atom stereocenters. The maximum Gasteiger partial charge on any atom is 0.346 e. The highest BCUT2D eigenvalue weighted by Crippen LogP contribution is 2.49. The van der Waals surface area contributed by atoms with Crippen LogP contribution in [0.2, 0.25) is 0 Å². The summed E-state index contributed by atoms with van der Waals surface area (Å²) in [5, 5.41) is 10.1. The minimum atomic E-state index is -0.914. The molecule has 0 saturated heterocycles. The van der Waals surface area contributed by atoms with Gasteiger partial charge in [-0.05, 0) is 63.6 Å². The van der Waals surface area contributed by atoms with Crippen LogP contribution in [0.25, 0.3) is 10.4 Å². The number of hydrogen-bond donors (Lipinski definition) is 1. The van der Waals surface area contributed by atoms with E-state index in [2.05, 4.69) is 25.3 Å². The maximum absolute atomic E-state index is 11.6. The number of carboxylic acid groups (broad SMARTS) is 1. The van der Waals surface area contributed by atoms with Gasteiger partial charge in [0.05, 0.1) is 16.6 Å². The SMILES string of the molecule is O=C(O)c1sc(Oc2ccc(Br)nc2)c2c1CCc1cnsc1-2. The molecule has 3 heterocycles. The highest BCUT2D eigenvalue weighted by Gasteiger charge is 2.30. The van der Waals surface area contributed by atoms with E-state index in [4.69, 9.17) is 4.74 Å². The Morgan fingerprint density at radius 3 is 2.91 bits per heavy atom. The van der Waals surface area contributed by atoms with Crippen LogP contribution in [0.3, 0.4) is 0 Å². The van der Waals surface area contributed by atoms with E-state index in [9.17, 15) is 9.90 Å². The number of halogens is 1. The fraction of sp³-hybridized carbons (Fsp3) is 0.133. The average molecular weight is 409 g/mol. The van der Waals surface area contributed by atoms with Crippen LogP contribution in [0.4, 0.5) is 0 Å². The fourth-order valence-corrected chi connectivity index (χ4v) is 4.82. The number of carbonyl (C=O) groups is 1. The molecule has 0 fully saturated rings. The Morgan fingerprint density at radius 1 is 1.30 bits per heavy atom. The summed E-state index contributed by atoms with van der Waals surface area (Å²) in [6, 6.07) is 3.58. The lowest BCUT2D eigenvalue weighted by Gasteiger charge is -2.13. The van der Waals surface area contributed by atoms with Crippen LogP contribution in [0.5, 0.6) is 10.8 Å². The van der Waals surface area contributed by atoms with Crippen molar-refractivity contribution in [2.45, 2.75) is 12.8 Å². The normalized spacial score (nSPS) is 12.6. The highest BCUT2D eigenvalue weighted by atomic mass is 79.9. The van der Waals surface area contributed by atoms with E-state index in [-0.39, 0.29) is 0 Å². The third-order valence-corrected chi connectivity index (χ3v) is 6.02. The van der Waals surface area contributed by atoms with Crippen LogP contribution in [0.1, 0.15) is 20.8 Å². The summed E-state index contributed by atoms with van der Waals surface area (Å²) in [6.07, 6.45) is 4.97. The van der Waals surface area contributed by atoms with E-state index >= 15 is 0 Å². The first-order valence-electron chi connectivity index (χ1n) is 6.76. The number of aryl methyl sites for hydroxylation is 1. The third kappa shape index (κ3) is 2.56. The van der Waals surface area contributed by atoms with Crippen LogP contribution in [-0.2, 0) is 12.8 Å². The zero-order chi connectivity index (χ0) is 16.0. The van der Waals surface area contributed by atoms with Crippen molar-refractivity contribution in [3.63, 3.8) is 0 Å². The van der Waals surface area contributed by atoms with Gasteiger partial charge in [-0.15, -0.1) is 0 Å². The Balaban J connectivity index is 1.84. The number of rotatable bonds is 3. The zero-order valence-electron chi connectivity index (χ0n) is 11.6. The molecule has 0 aromatic carbocycles. The molecule has 0 spiro atoms. The van der Waals surface area contributed by atoms with Crippen molar-refractivity contribution < 1.29 is 14.6 Å². The number of hydrogen-bond acceptors (Lipinski definition) is 6. The second-order valence-electron chi connectivity index (χ2n) is 4.98. The van der Waals surface area contributed by atoms with Crippen LogP contribution in [0.15, 0.2) is 29.1 Å². The fourth-order valence-electron chi connectivity index (χ4n) is 2.59. The standard InChI is InChI=1S/C15H9BrN2O3S2/c16-10-4-2-8(6-17-10)21-15-11-9(13(22-15)14(19)20)3-1-7-5-18-23-12(7)11/h2,4-6H,1,3H2,(H,19,20). The zero-order valence-corrected chi connectivity index (χ0v) is 14.8. The Hall–Kier alpha value is -1.77. The Morgan fingerprint density at radius 2 is 2.17 bits per heavy atom. The molecule has 0 aliphatic heterocycles. The van der Waals surface area contributed by atoms with Crippen molar-refractivity contribution in [2.75, 3.05) is 0 Å². The molecule has 0 amide bonds. The second kappa shape index (κ2) is 5.70. The summed E-state index contributed by atoms with van der Waals surface area (Å²) in [7, 11) is 0. The van der Waals surface area contributed by atoms with Crippen LogP contribution in [0, 0.1) is 0 Å². The summed E-state index contributed by atoms with van der Waals surface area (Å²) < 4.78 is 10.9. The molecule has 5 nitrogen and oxygen atoms in total. The van der Waals surface area contributed by atoms with E-state index < -0.39 is 5.97 Å². The first-order chi connectivity index (χ1) is 11.1. The van der Waals surface area contributed by atoms with Gasteiger partial charge in [-0.1, -0.05) is 11.3 Å². The first-order valence-corrected chi connectivity index (χ1v) is 9.14. The van der Waals surface area contributed by atoms with Crippen molar-refractivity contribution in [1.29, 1.82) is 0 Å². The van der Waals surface area contributed by atoms with Crippen molar-refractivity contribution in [3.05, 3.63) is 45.1 Å². The summed E-state index contributed by atoms with van der Waals surface area (Å²) in [6.45, 7) is 0. The third-order valence-electron chi connectivity index (χ3n) is 3.60. The molecule has 0 saturated carbocycles. The lowest BCUT2D eigenvalue weighted by atomic mass is 9.93. The van der Waals surface area contributed by atoms with Crippen LogP contribution in [-0.4, -0.2) is 20.4 Å². The smallest absolute Gasteiger partial charge is 0.346 e. The monoisotopic (exact) mass is 408 g/mol. The Kier molecular flexibility index (Phi) is 3.67. The average Bonchev–Trinajstić information content (AvgIpc) is 3.13. The molecule has 3 aromatic rings. The Labute approximate surface area is 147 Å². The number of nitrogens with zero attached hydrogens (tertiary/aromatic N) is 2. The lowest BCUT2D eigenvalue weighted by molar-refractivity contribution is 0.0701. The molecule has 1 N–H and O–H groups in total. The van der Waals surface area contributed by atoms with Gasteiger partial charge in [0.1, 0.15) is 15.2 Å². The molecule has 0 atom stereocenters. The first kappa shape index (κ1) is 14.8. The van der Waals surface area contributed by atoms with E-state index in [1.165, 1.54) is 22.9 Å². The molecule has 1 aliphatic carbocycles. The molecule has 3 aromatic heterocycles. The van der Waals surface area contributed by atoms with Gasteiger partial charge in [-0.3, -0.25) is 0 Å². The largest absolute Gasteiger partial charge is 0.477 e. The number of fused-ring (bicyclic) bond motifs is 3. The number of aromatic nitrogens is 2. The van der Waals surface area contributed by atoms with Gasteiger partial charge in [0.15, 0.2) is 5.06 Å². The molecule has 4 rings (SSSR count). The van der Waals surface area contributed by atoms with Crippen LogP contribution >= 0.6 is 38.8 Å². The maximum atomic E-state index is 11.6. The molecule has 8 heteroatoms. The minimum Gasteiger partial charge on any atom is -0.477 e. The summed E-state index contributed by atoms with van der Waals surface area (Å²) >= 11 is 5.83. The quantitative estimate of drug-likeness (QED) is 0.640. The van der Waals surface area contributed by atoms with Crippen molar-refractivity contribution in [2.24, 2.45) is 0 Å². The summed E-state index contributed by atoms with van der Waals surface area (Å²) in [4.78, 5) is 17.0. The molecule has 0 radical (unpaired) electrons. The predicted molar refractivity (Wildman–Crippen MR) is 91.8 cm³/mol. The Bertz CT molecular complexity index is 902. The van der Waals surface area contributed by atoms with E-state index in [0.717, 1.165) is 28.0 Å². The van der Waals surface area contributed by atoms with E-state index in [0.29, 0.717) is 26.7 Å². The van der Waals surface area contributed by atoms with Gasteiger partial charge in [-0.2, -0.15) is 0 Å². The second-order valence-corrected chi connectivity index (χ2v) is 7.57. The number of pyridine rings is 1. The molecule has 0 bridgehead atoms. The highest BCUT2D eigenvalue weighted by molar-refractivity contribution is 9.10. The van der Waals surface area contributed by atoms with Gasteiger partial charge in [-0.25, -0.2) is 14.2 Å². The van der Waals surface area contributed by atoms with E-state index in [1.54, 1.807) is 18.3 Å². The van der Waals surface area contributed by atoms with Crippen LogP contribution < -0.4 is 4.74 Å². The van der Waals surface area contributed by atoms with Gasteiger partial charge < -0.3 is 9.84 Å². The number of carboxylic acids is 1. The lowest BCUT2D eigenvalue weighted by Crippen LogP contribution is -2.04. The van der Waals surface area contributed by atoms with Crippen molar-refractivity contribution in [1.82, 2.24) is 9.36 Å².